The maximum absolute atomic E-state index is 12.9. The van der Waals surface area contributed by atoms with Crippen molar-refractivity contribution < 1.29 is 59.8 Å². The molecule has 0 unspecified atom stereocenters. The molecule has 4 fully saturated rings. The molecule has 8 aromatic rings. The van der Waals surface area contributed by atoms with Gasteiger partial charge in [-0.3, -0.25) is 19.6 Å². The lowest BCUT2D eigenvalue weighted by Gasteiger charge is -2.30. The normalized spacial score (nSPS) is 23.0. The van der Waals surface area contributed by atoms with Crippen LogP contribution in [0.1, 0.15) is 140 Å². The molecule has 8 bridgehead atoms. The minimum atomic E-state index is -0.822. The largest absolute Gasteiger partial charge is 0.507 e. The summed E-state index contributed by atoms with van der Waals surface area (Å²) < 4.78 is 25.4. The molecule has 16 heteroatoms. The van der Waals surface area contributed by atoms with Gasteiger partial charge in [0.2, 0.25) is 0 Å². The third-order valence-electron chi connectivity index (χ3n) is 20.0. The summed E-state index contributed by atoms with van der Waals surface area (Å²) in [4.78, 5) is 8.15. The molecule has 8 N–H and O–H groups in total. The molecule has 4 saturated heterocycles. The highest BCUT2D eigenvalue weighted by Crippen LogP contribution is 2.54. The Morgan fingerprint density at radius 1 is 0.283 bits per heavy atom. The summed E-state index contributed by atoms with van der Waals surface area (Å²) in [6, 6.07) is 47.4. The minimum Gasteiger partial charge on any atom is -0.507 e. The summed E-state index contributed by atoms with van der Waals surface area (Å²) in [6.07, 6.45) is 2.02. The van der Waals surface area contributed by atoms with Crippen molar-refractivity contribution in [3.63, 3.8) is 0 Å². The molecule has 8 aromatic carbocycles. The first-order valence-electron chi connectivity index (χ1n) is 32.3. The van der Waals surface area contributed by atoms with Crippen LogP contribution in [0.25, 0.3) is 0 Å². The highest BCUT2D eigenvalue weighted by atomic mass is 16.5. The number of rotatable bonds is 16. The Balaban J connectivity index is 0.961. The maximum Gasteiger partial charge on any atom is 0.127 e. The van der Waals surface area contributed by atoms with E-state index < -0.39 is 23.7 Å². The molecular weight excluding hydrogens is 1160 g/mol. The molecule has 0 amide bonds. The number of benzene rings is 8. The minimum absolute atomic E-state index is 0.0818. The summed E-state index contributed by atoms with van der Waals surface area (Å²) >= 11 is 0. The summed E-state index contributed by atoms with van der Waals surface area (Å²) in [5.41, 5.74) is 8.34. The van der Waals surface area contributed by atoms with Gasteiger partial charge in [0.05, 0.1) is 73.6 Å². The fourth-order valence-electron chi connectivity index (χ4n) is 14.7. The summed E-state index contributed by atoms with van der Waals surface area (Å²) in [7, 11) is 0. The average molecular weight is 1250 g/mol. The molecule has 16 nitrogen and oxygen atoms in total. The van der Waals surface area contributed by atoms with Gasteiger partial charge in [0.1, 0.15) is 46.0 Å². The molecule has 480 valence electrons. The molecule has 13 rings (SSSR count). The molecule has 0 saturated carbocycles. The van der Waals surface area contributed by atoms with Crippen LogP contribution in [-0.2, 0) is 70.8 Å². The van der Waals surface area contributed by atoms with E-state index in [1.807, 2.05) is 120 Å². The van der Waals surface area contributed by atoms with Gasteiger partial charge in [-0.05, 0) is 72.2 Å². The number of ether oxygens (including phenoxy) is 4. The number of phenols is 8. The Hall–Kier alpha value is -8.16. The predicted octanol–water partition coefficient (Wildman–Crippen LogP) is 11.9. The standard InChI is InChI=1S/C76H84N4O12/c1-45-57-29-59(71(83)65(69(57)81)37-77-33-53(89-41-77)25-49-17-9-5-10-18-49)46(2)61-31-63(75(87)67(73(61)85)39-79-35-55(91-43-79)27-51-21-13-7-14-22-51)48(4)64-32-62(74(86)68(76(64)88)40-80-36-56(92-44-80)28-52-23-15-8-16-24-52)47(3)60-30-58(45)70(82)66(72(60)84)38-78-34-54(90-42-78)26-50-19-11-6-12-20-50/h5-24,29-32,45-48,53-56,81-88H,25-28,33-44H2,1-4H3/t45?,46?,47?,48?,53-,54-,55-,56-/m1/s1. The van der Waals surface area contributed by atoms with Crippen LogP contribution in [0.4, 0.5) is 0 Å². The third kappa shape index (κ3) is 12.9. The topological polar surface area (TPSA) is 212 Å². The first-order chi connectivity index (χ1) is 44.5. The molecule has 1 aliphatic carbocycles. The molecule has 4 atom stereocenters. The number of fused-ring (bicyclic) bond motifs is 8. The summed E-state index contributed by atoms with van der Waals surface area (Å²) in [5.74, 6) is -4.81. The van der Waals surface area contributed by atoms with Gasteiger partial charge in [-0.2, -0.15) is 0 Å². The van der Waals surface area contributed by atoms with Crippen molar-refractivity contribution in [2.45, 2.75) is 128 Å². The van der Waals surface area contributed by atoms with Gasteiger partial charge < -0.3 is 59.8 Å². The van der Waals surface area contributed by atoms with Crippen molar-refractivity contribution >= 4 is 0 Å². The van der Waals surface area contributed by atoms with Crippen LogP contribution < -0.4 is 0 Å². The second-order valence-corrected chi connectivity index (χ2v) is 26.3. The SMILES string of the molecule is CC1c2cc(c(O)c(CN3CO[C@H](Cc4ccccc4)C3)c2O)C(C)c2cc(c(O)c(CN3CO[C@H](Cc4ccccc4)C3)c2O)C(C)c2cc(c(O)c(CN3CO[C@H](Cc4ccccc4)C3)c2O)C(C)c2cc1c(O)c(CN1CO[C@H](Cc3ccccc3)C1)c2O. The molecule has 0 radical (unpaired) electrons. The Bertz CT molecular complexity index is 3310. The fraction of sp³-hybridized carbons (Fsp3) is 0.368. The lowest BCUT2D eigenvalue weighted by molar-refractivity contribution is 0.0876. The number of nitrogens with zero attached hydrogens (tertiary/aromatic N) is 4. The number of hydrogen-bond acceptors (Lipinski definition) is 16. The van der Waals surface area contributed by atoms with E-state index in [1.165, 1.54) is 0 Å². The lowest BCUT2D eigenvalue weighted by Crippen LogP contribution is -2.24. The zero-order valence-corrected chi connectivity index (χ0v) is 52.8. The van der Waals surface area contributed by atoms with E-state index in [4.69, 9.17) is 18.9 Å². The second-order valence-electron chi connectivity index (χ2n) is 26.3. The zero-order valence-electron chi connectivity index (χ0n) is 52.8. The molecule has 0 spiro atoms. The van der Waals surface area contributed by atoms with Crippen LogP contribution in [0.5, 0.6) is 46.0 Å². The molecule has 4 aliphatic heterocycles. The van der Waals surface area contributed by atoms with Gasteiger partial charge in [0.25, 0.3) is 0 Å². The first-order valence-corrected chi connectivity index (χ1v) is 32.3. The van der Waals surface area contributed by atoms with Crippen LogP contribution >= 0.6 is 0 Å². The zero-order chi connectivity index (χ0) is 63.9. The van der Waals surface area contributed by atoms with E-state index in [0.29, 0.717) is 96.4 Å². The van der Waals surface area contributed by atoms with Crippen molar-refractivity contribution in [1.82, 2.24) is 19.6 Å². The molecule has 5 aliphatic rings. The van der Waals surface area contributed by atoms with Crippen molar-refractivity contribution in [3.05, 3.63) is 235 Å². The molecule has 4 heterocycles. The van der Waals surface area contributed by atoms with Gasteiger partial charge in [-0.1, -0.05) is 149 Å². The Morgan fingerprint density at radius 2 is 0.457 bits per heavy atom. The van der Waals surface area contributed by atoms with Crippen LogP contribution in [0.3, 0.4) is 0 Å². The summed E-state index contributed by atoms with van der Waals surface area (Å²) in [5, 5.41) is 103. The average Bonchev–Trinajstić information content (AvgIpc) is 0.898. The van der Waals surface area contributed by atoms with Gasteiger partial charge in [-0.15, -0.1) is 0 Å². The third-order valence-corrected chi connectivity index (χ3v) is 20.0. The van der Waals surface area contributed by atoms with Gasteiger partial charge in [-0.25, -0.2) is 0 Å². The van der Waals surface area contributed by atoms with E-state index in [2.05, 4.69) is 48.5 Å². The molecule has 0 aromatic heterocycles. The van der Waals surface area contributed by atoms with Gasteiger partial charge >= 0.3 is 0 Å². The van der Waals surface area contributed by atoms with Gasteiger partial charge in [0, 0.05) is 121 Å². The first kappa shape index (κ1) is 62.6. The van der Waals surface area contributed by atoms with Crippen LogP contribution in [0.2, 0.25) is 0 Å². The quantitative estimate of drug-likeness (QED) is 0.0452. The van der Waals surface area contributed by atoms with Gasteiger partial charge in [0.15, 0.2) is 0 Å². The fourth-order valence-corrected chi connectivity index (χ4v) is 14.7. The number of aromatic hydroxyl groups is 8. The molecular formula is C76H84N4O12. The number of phenolic OH excluding ortho intramolecular Hbond substituents is 8. The van der Waals surface area contributed by atoms with Crippen molar-refractivity contribution in [2.75, 3.05) is 53.1 Å². The summed E-state index contributed by atoms with van der Waals surface area (Å²) in [6.45, 7) is 10.8. The van der Waals surface area contributed by atoms with E-state index in [9.17, 15) is 40.9 Å². The monoisotopic (exact) mass is 1240 g/mol. The molecule has 92 heavy (non-hydrogen) atoms. The van der Waals surface area contributed by atoms with E-state index in [1.54, 1.807) is 24.3 Å². The highest BCUT2D eigenvalue weighted by Gasteiger charge is 2.38. The van der Waals surface area contributed by atoms with E-state index >= 15 is 0 Å². The Kier molecular flexibility index (Phi) is 18.3. The van der Waals surface area contributed by atoms with E-state index in [-0.39, 0.29) is 146 Å². The van der Waals surface area contributed by atoms with Crippen LogP contribution in [-0.4, -0.2) is 138 Å². The lowest BCUT2D eigenvalue weighted by atomic mass is 9.78. The van der Waals surface area contributed by atoms with Crippen molar-refractivity contribution in [1.29, 1.82) is 0 Å². The number of hydrogen-bond donors (Lipinski definition) is 8. The van der Waals surface area contributed by atoms with Crippen molar-refractivity contribution in [3.8, 4) is 46.0 Å². The smallest absolute Gasteiger partial charge is 0.127 e. The highest BCUT2D eigenvalue weighted by molar-refractivity contribution is 5.67. The second kappa shape index (κ2) is 26.8. The van der Waals surface area contributed by atoms with Crippen LogP contribution in [0, 0.1) is 0 Å². The van der Waals surface area contributed by atoms with Crippen molar-refractivity contribution in [2.24, 2.45) is 0 Å². The Labute approximate surface area is 538 Å². The predicted molar refractivity (Wildman–Crippen MR) is 350 cm³/mol. The maximum atomic E-state index is 12.9. The Morgan fingerprint density at radius 3 is 0.630 bits per heavy atom. The van der Waals surface area contributed by atoms with E-state index in [0.717, 1.165) is 22.3 Å². The van der Waals surface area contributed by atoms with Crippen LogP contribution in [0.15, 0.2) is 146 Å².